The quantitative estimate of drug-likeness (QED) is 0.0569. The van der Waals surface area contributed by atoms with Crippen LogP contribution in [-0.2, 0) is 9.59 Å². The summed E-state index contributed by atoms with van der Waals surface area (Å²) in [4.78, 5) is 28.2. The van der Waals surface area contributed by atoms with Gasteiger partial charge in [-0.25, -0.2) is 0 Å². The van der Waals surface area contributed by atoms with Gasteiger partial charge >= 0.3 is 0 Å². The summed E-state index contributed by atoms with van der Waals surface area (Å²) < 4.78 is 0. The van der Waals surface area contributed by atoms with Gasteiger partial charge in [0.1, 0.15) is 11.6 Å². The van der Waals surface area contributed by atoms with Crippen LogP contribution in [0.25, 0.3) is 0 Å². The van der Waals surface area contributed by atoms with Crippen molar-refractivity contribution in [2.45, 2.75) is 458 Å². The maximum atomic E-state index is 14.1. The summed E-state index contributed by atoms with van der Waals surface area (Å²) in [5.41, 5.74) is -0.105. The van der Waals surface area contributed by atoms with Crippen LogP contribution in [0.5, 0.6) is 0 Å². The molecule has 0 amide bonds. The van der Waals surface area contributed by atoms with Gasteiger partial charge in [-0.2, -0.15) is 0 Å². The van der Waals surface area contributed by atoms with E-state index in [1.165, 1.54) is 379 Å². The third kappa shape index (κ3) is 59.5. The molecule has 76 heavy (non-hydrogen) atoms. The Morgan fingerprint density at radius 2 is 0.316 bits per heavy atom. The molecule has 0 aromatic rings. The summed E-state index contributed by atoms with van der Waals surface area (Å²) in [5, 5.41) is 0. The van der Waals surface area contributed by atoms with E-state index in [9.17, 15) is 9.59 Å². The summed E-state index contributed by atoms with van der Waals surface area (Å²) in [6, 6.07) is 0. The highest BCUT2D eigenvalue weighted by molar-refractivity contribution is 5.82. The van der Waals surface area contributed by atoms with Gasteiger partial charge in [0, 0.05) is 25.7 Å². The predicted molar refractivity (Wildman–Crippen MR) is 344 cm³/mol. The summed E-state index contributed by atoms with van der Waals surface area (Å²) in [6.07, 6.45) is 88.8. The molecule has 0 N–H and O–H groups in total. The number of carbonyl (C=O) groups excluding carboxylic acids is 2. The molecule has 0 radical (unpaired) electrons. The van der Waals surface area contributed by atoms with Crippen molar-refractivity contribution in [2.75, 3.05) is 0 Å². The van der Waals surface area contributed by atoms with Crippen LogP contribution in [0.3, 0.4) is 0 Å². The van der Waals surface area contributed by atoms with E-state index >= 15 is 0 Å². The Bertz CT molecular complexity index is 1040. The molecule has 0 saturated carbocycles. The topological polar surface area (TPSA) is 34.1 Å². The molecule has 0 aromatic heterocycles. The first-order valence-electron chi connectivity index (χ1n) is 36.6. The van der Waals surface area contributed by atoms with Crippen molar-refractivity contribution in [3.05, 3.63) is 0 Å². The number of rotatable bonds is 69. The molecule has 0 spiro atoms. The Morgan fingerprint density at radius 1 is 0.184 bits per heavy atom. The third-order valence-electron chi connectivity index (χ3n) is 18.1. The number of carbonyl (C=O) groups is 2. The Kier molecular flexibility index (Phi) is 64.6. The molecule has 0 heterocycles. The fraction of sp³-hybridized carbons (Fsp3) is 0.973. The van der Waals surface area contributed by atoms with E-state index in [0.717, 1.165) is 38.5 Å². The molecule has 0 aliphatic carbocycles. The lowest BCUT2D eigenvalue weighted by Gasteiger charge is -2.34. The molecule has 0 fully saturated rings. The van der Waals surface area contributed by atoms with Gasteiger partial charge in [-0.15, -0.1) is 0 Å². The first kappa shape index (κ1) is 75.3. The number of hydrogen-bond acceptors (Lipinski definition) is 2. The molecule has 0 rings (SSSR count). The van der Waals surface area contributed by atoms with Crippen molar-refractivity contribution in [1.29, 1.82) is 0 Å². The fourth-order valence-corrected chi connectivity index (χ4v) is 12.9. The molecular formula is C74H146O2. The summed E-state index contributed by atoms with van der Waals surface area (Å²) in [6.45, 7) is 9.24. The number of ketones is 2. The molecule has 0 bridgehead atoms. The van der Waals surface area contributed by atoms with E-state index in [2.05, 4.69) is 27.7 Å². The summed E-state index contributed by atoms with van der Waals surface area (Å²) >= 11 is 0. The number of unbranched alkanes of at least 4 members (excludes halogenated alkanes) is 57. The average Bonchev–Trinajstić information content (AvgIpc) is 3.41. The Morgan fingerprint density at radius 3 is 0.474 bits per heavy atom. The molecule has 0 unspecified atom stereocenters. The molecule has 0 saturated heterocycles. The van der Waals surface area contributed by atoms with Gasteiger partial charge in [0.15, 0.2) is 0 Å². The van der Waals surface area contributed by atoms with Crippen molar-refractivity contribution < 1.29 is 9.59 Å². The Hall–Kier alpha value is -0.660. The molecule has 2 heteroatoms. The van der Waals surface area contributed by atoms with Crippen molar-refractivity contribution in [3.63, 3.8) is 0 Å². The maximum Gasteiger partial charge on any atom is 0.133 e. The Labute approximate surface area is 482 Å². The lowest BCUT2D eigenvalue weighted by atomic mass is 9.70. The first-order chi connectivity index (χ1) is 37.5. The highest BCUT2D eigenvalue weighted by Gasteiger charge is 2.34. The predicted octanol–water partition coefficient (Wildman–Crippen LogP) is 27.3. The summed E-state index contributed by atoms with van der Waals surface area (Å²) in [7, 11) is 0. The van der Waals surface area contributed by atoms with Gasteiger partial charge in [-0.1, -0.05) is 407 Å². The monoisotopic (exact) mass is 1070 g/mol. The van der Waals surface area contributed by atoms with Gasteiger partial charge in [0.25, 0.3) is 0 Å². The van der Waals surface area contributed by atoms with Crippen LogP contribution >= 0.6 is 0 Å². The smallest absolute Gasteiger partial charge is 0.133 e. The van der Waals surface area contributed by atoms with E-state index in [0.29, 0.717) is 24.4 Å². The van der Waals surface area contributed by atoms with Crippen LogP contribution < -0.4 is 0 Å². The van der Waals surface area contributed by atoms with Crippen LogP contribution in [-0.4, -0.2) is 11.6 Å². The Balaban J connectivity index is 5.19. The van der Waals surface area contributed by atoms with Crippen LogP contribution in [0.15, 0.2) is 0 Å². The molecule has 454 valence electrons. The largest absolute Gasteiger partial charge is 0.300 e. The molecule has 0 aliphatic heterocycles. The SMILES string of the molecule is CCCCCCCCCCCCCCCCCCCC(CCCCCCCCCCCCCCCC)(CC(=O)CCCCCCCCCCCCCCCCC)CC(=O)CCCCCCCCCCCCCCCCC. The standard InChI is InChI=1S/C74H146O2/c1-5-9-13-17-21-25-29-33-37-38-41-45-49-53-57-61-65-69-74(68-64-60-56-52-48-44-36-32-28-24-20-16-12-8-4,70-72(75)66-62-58-54-50-46-42-39-34-30-26-22-18-14-10-6-2)71-73(76)67-63-59-55-51-47-43-40-35-31-27-23-19-15-11-7-3/h5-71H2,1-4H3. The average molecular weight is 1070 g/mol. The van der Waals surface area contributed by atoms with Gasteiger partial charge < -0.3 is 0 Å². The lowest BCUT2D eigenvalue weighted by Crippen LogP contribution is -2.28. The van der Waals surface area contributed by atoms with E-state index in [1.807, 2.05) is 0 Å². The third-order valence-corrected chi connectivity index (χ3v) is 18.1. The second-order valence-corrected chi connectivity index (χ2v) is 26.1. The zero-order valence-corrected chi connectivity index (χ0v) is 53.7. The van der Waals surface area contributed by atoms with Crippen molar-refractivity contribution in [2.24, 2.45) is 5.41 Å². The zero-order valence-electron chi connectivity index (χ0n) is 53.7. The first-order valence-corrected chi connectivity index (χ1v) is 36.6. The van der Waals surface area contributed by atoms with Crippen molar-refractivity contribution >= 4 is 11.6 Å². The van der Waals surface area contributed by atoms with E-state index in [1.54, 1.807) is 0 Å². The van der Waals surface area contributed by atoms with Crippen molar-refractivity contribution in [1.82, 2.24) is 0 Å². The highest BCUT2D eigenvalue weighted by atomic mass is 16.1. The lowest BCUT2D eigenvalue weighted by molar-refractivity contribution is -0.125. The van der Waals surface area contributed by atoms with Gasteiger partial charge in [0.05, 0.1) is 0 Å². The minimum Gasteiger partial charge on any atom is -0.300 e. The van der Waals surface area contributed by atoms with Gasteiger partial charge in [0.2, 0.25) is 0 Å². The molecule has 0 aromatic carbocycles. The molecule has 0 atom stereocenters. The second-order valence-electron chi connectivity index (χ2n) is 26.1. The number of hydrogen-bond donors (Lipinski definition) is 0. The van der Waals surface area contributed by atoms with Crippen molar-refractivity contribution in [3.8, 4) is 0 Å². The van der Waals surface area contributed by atoms with E-state index in [-0.39, 0.29) is 5.41 Å². The van der Waals surface area contributed by atoms with Gasteiger partial charge in [-0.3, -0.25) is 9.59 Å². The van der Waals surface area contributed by atoms with Crippen LogP contribution in [0.1, 0.15) is 458 Å². The minimum atomic E-state index is -0.105. The molecule has 2 nitrogen and oxygen atoms in total. The molecular weight excluding hydrogens is 921 g/mol. The van der Waals surface area contributed by atoms with Crippen LogP contribution in [0, 0.1) is 5.41 Å². The van der Waals surface area contributed by atoms with Crippen LogP contribution in [0.4, 0.5) is 0 Å². The molecule has 0 aliphatic rings. The fourth-order valence-electron chi connectivity index (χ4n) is 12.9. The summed E-state index contributed by atoms with van der Waals surface area (Å²) in [5.74, 6) is 0.957. The normalized spacial score (nSPS) is 11.9. The van der Waals surface area contributed by atoms with Crippen LogP contribution in [0.2, 0.25) is 0 Å². The zero-order chi connectivity index (χ0) is 55.0. The number of Topliss-reactive ketones (excluding diaryl/α,β-unsaturated/α-hetero) is 2. The van der Waals surface area contributed by atoms with Gasteiger partial charge in [-0.05, 0) is 31.1 Å². The highest BCUT2D eigenvalue weighted by Crippen LogP contribution is 2.41. The second kappa shape index (κ2) is 65.2. The van der Waals surface area contributed by atoms with E-state index in [4.69, 9.17) is 0 Å². The van der Waals surface area contributed by atoms with E-state index < -0.39 is 0 Å². The maximum absolute atomic E-state index is 14.1. The minimum absolute atomic E-state index is 0.105.